The van der Waals surface area contributed by atoms with Crippen molar-refractivity contribution >= 4 is 29.5 Å². The van der Waals surface area contributed by atoms with E-state index in [0.29, 0.717) is 12.0 Å². The summed E-state index contributed by atoms with van der Waals surface area (Å²) in [5.41, 5.74) is 2.04. The van der Waals surface area contributed by atoms with Crippen LogP contribution in [-0.4, -0.2) is 52.4 Å². The summed E-state index contributed by atoms with van der Waals surface area (Å²) in [6.07, 6.45) is 5.22. The Morgan fingerprint density at radius 1 is 1.00 bits per heavy atom. The van der Waals surface area contributed by atoms with Crippen LogP contribution in [0.15, 0.2) is 18.2 Å². The molecule has 9 nitrogen and oxygen atoms in total. The minimum Gasteiger partial charge on any atom is -0.444 e. The maximum absolute atomic E-state index is 13.7. The second-order valence-electron chi connectivity index (χ2n) is 13.4. The summed E-state index contributed by atoms with van der Waals surface area (Å²) in [4.78, 5) is 52.3. The Labute approximate surface area is 231 Å². The number of nitrogens with one attached hydrogen (secondary N) is 3. The molecule has 39 heavy (non-hydrogen) atoms. The molecule has 0 unspecified atom stereocenters. The molecule has 1 saturated carbocycles. The predicted octanol–water partition coefficient (Wildman–Crippen LogP) is 5.06. The quantitative estimate of drug-likeness (QED) is 0.434. The maximum Gasteiger partial charge on any atom is 0.407 e. The molecule has 9 heteroatoms. The molecule has 1 saturated heterocycles. The van der Waals surface area contributed by atoms with Gasteiger partial charge in [0.25, 0.3) is 5.91 Å². The van der Waals surface area contributed by atoms with E-state index in [0.717, 1.165) is 49.8 Å². The number of amides is 4. The van der Waals surface area contributed by atoms with E-state index in [1.807, 2.05) is 39.0 Å². The first-order valence-electron chi connectivity index (χ1n) is 14.3. The number of piperidine rings is 1. The van der Waals surface area contributed by atoms with Gasteiger partial charge in [0.2, 0.25) is 11.8 Å². The molecule has 0 radical (unpaired) electrons. The Morgan fingerprint density at radius 3 is 2.28 bits per heavy atom. The number of hydrogen-bond donors (Lipinski definition) is 3. The van der Waals surface area contributed by atoms with Crippen molar-refractivity contribution in [1.82, 2.24) is 15.5 Å². The molecular weight excluding hydrogens is 496 g/mol. The second-order valence-corrected chi connectivity index (χ2v) is 13.4. The third-order valence-electron chi connectivity index (χ3n) is 7.76. The topological polar surface area (TPSA) is 117 Å². The average molecular weight is 541 g/mol. The third kappa shape index (κ3) is 7.11. The van der Waals surface area contributed by atoms with Gasteiger partial charge in [0.1, 0.15) is 11.6 Å². The lowest BCUT2D eigenvalue weighted by atomic mass is 9.86. The van der Waals surface area contributed by atoms with E-state index < -0.39 is 17.6 Å². The van der Waals surface area contributed by atoms with E-state index in [1.54, 1.807) is 4.90 Å². The van der Waals surface area contributed by atoms with Gasteiger partial charge in [0, 0.05) is 35.3 Å². The lowest BCUT2D eigenvalue weighted by Gasteiger charge is -2.36. The number of carbonyl (C=O) groups excluding carboxylic acids is 4. The van der Waals surface area contributed by atoms with E-state index in [1.165, 1.54) is 0 Å². The average Bonchev–Trinajstić information content (AvgIpc) is 3.10. The molecule has 4 amide bonds. The van der Waals surface area contributed by atoms with Crippen LogP contribution in [0, 0.1) is 5.41 Å². The number of benzene rings is 1. The standard InChI is InChI=1S/C30H44N4O5/c1-29(2,3)17-16-22-25-20(27(37)34(22)23-14-15-24(35)33-26(23)36)8-7-9-21(25)31-18-10-12-19(13-11-18)32-28(38)39-30(4,5)6/h7-9,18-19,22-23,31H,10-17H2,1-6H3,(H,32,38)(H,33,35,36)/t18?,19?,22-,23-/m1/s1. The number of rotatable bonds is 6. The minimum absolute atomic E-state index is 0.0597. The highest BCUT2D eigenvalue weighted by atomic mass is 16.6. The fourth-order valence-electron chi connectivity index (χ4n) is 5.89. The highest BCUT2D eigenvalue weighted by Crippen LogP contribution is 2.45. The van der Waals surface area contributed by atoms with Crippen LogP contribution in [-0.2, 0) is 14.3 Å². The van der Waals surface area contributed by atoms with Gasteiger partial charge in [0.05, 0.1) is 6.04 Å². The van der Waals surface area contributed by atoms with Crippen LogP contribution in [0.25, 0.3) is 0 Å². The molecule has 3 N–H and O–H groups in total. The molecular formula is C30H44N4O5. The van der Waals surface area contributed by atoms with Crippen LogP contribution < -0.4 is 16.0 Å². The van der Waals surface area contributed by atoms with Crippen LogP contribution in [0.3, 0.4) is 0 Å². The van der Waals surface area contributed by atoms with Crippen LogP contribution in [0.4, 0.5) is 10.5 Å². The molecule has 4 rings (SSSR count). The first-order valence-corrected chi connectivity index (χ1v) is 14.3. The van der Waals surface area contributed by atoms with E-state index >= 15 is 0 Å². The Kier molecular flexibility index (Phi) is 8.28. The maximum atomic E-state index is 13.7. The van der Waals surface area contributed by atoms with Crippen molar-refractivity contribution in [2.75, 3.05) is 5.32 Å². The summed E-state index contributed by atoms with van der Waals surface area (Å²) in [6, 6.07) is 5.14. The molecule has 0 aromatic heterocycles. The van der Waals surface area contributed by atoms with Crippen molar-refractivity contribution in [3.05, 3.63) is 29.3 Å². The molecule has 1 aromatic rings. The van der Waals surface area contributed by atoms with Gasteiger partial charge >= 0.3 is 6.09 Å². The number of imide groups is 1. The Hall–Kier alpha value is -3.10. The lowest BCUT2D eigenvalue weighted by molar-refractivity contribution is -0.137. The van der Waals surface area contributed by atoms with E-state index in [2.05, 4.69) is 36.7 Å². The fourth-order valence-corrected chi connectivity index (χ4v) is 5.89. The minimum atomic E-state index is -0.658. The molecule has 1 aromatic carbocycles. The van der Waals surface area contributed by atoms with Crippen molar-refractivity contribution in [2.45, 2.75) is 123 Å². The molecule has 0 spiro atoms. The number of hydrogen-bond acceptors (Lipinski definition) is 6. The molecule has 2 aliphatic heterocycles. The van der Waals surface area contributed by atoms with Gasteiger partial charge in [-0.15, -0.1) is 0 Å². The van der Waals surface area contributed by atoms with E-state index in [4.69, 9.17) is 4.74 Å². The van der Waals surface area contributed by atoms with Gasteiger partial charge < -0.3 is 20.3 Å². The van der Waals surface area contributed by atoms with Gasteiger partial charge in [-0.3, -0.25) is 19.7 Å². The zero-order valence-corrected chi connectivity index (χ0v) is 24.2. The molecule has 0 bridgehead atoms. The largest absolute Gasteiger partial charge is 0.444 e. The Balaban J connectivity index is 1.51. The van der Waals surface area contributed by atoms with Crippen molar-refractivity contribution in [1.29, 1.82) is 0 Å². The summed E-state index contributed by atoms with van der Waals surface area (Å²) in [5.74, 6) is -0.823. The number of fused-ring (bicyclic) bond motifs is 1. The fraction of sp³-hybridized carbons (Fsp3) is 0.667. The van der Waals surface area contributed by atoms with Crippen molar-refractivity contribution in [2.24, 2.45) is 5.41 Å². The van der Waals surface area contributed by atoms with Crippen molar-refractivity contribution in [3.8, 4) is 0 Å². The van der Waals surface area contributed by atoms with Crippen LogP contribution in [0.1, 0.15) is 115 Å². The zero-order chi connectivity index (χ0) is 28.5. The number of carbonyl (C=O) groups is 4. The number of anilines is 1. The van der Waals surface area contributed by atoms with Crippen molar-refractivity contribution < 1.29 is 23.9 Å². The summed E-state index contributed by atoms with van der Waals surface area (Å²) in [7, 11) is 0. The molecule has 214 valence electrons. The normalized spacial score (nSPS) is 25.7. The Morgan fingerprint density at radius 2 is 1.67 bits per heavy atom. The molecule has 1 aliphatic carbocycles. The zero-order valence-electron chi connectivity index (χ0n) is 24.2. The summed E-state index contributed by atoms with van der Waals surface area (Å²) in [5, 5.41) is 9.13. The highest BCUT2D eigenvalue weighted by molar-refractivity contribution is 6.06. The van der Waals surface area contributed by atoms with E-state index in [-0.39, 0.29) is 47.9 Å². The van der Waals surface area contributed by atoms with Crippen LogP contribution in [0.5, 0.6) is 0 Å². The SMILES string of the molecule is CC(C)(C)CC[C@@H]1c2c(NC3CCC(NC(=O)OC(C)(C)C)CC3)cccc2C(=O)N1[C@@H]1CCC(=O)NC1=O. The van der Waals surface area contributed by atoms with Gasteiger partial charge in [-0.2, -0.15) is 0 Å². The van der Waals surface area contributed by atoms with Gasteiger partial charge in [-0.25, -0.2) is 4.79 Å². The van der Waals surface area contributed by atoms with Gasteiger partial charge in [-0.1, -0.05) is 26.8 Å². The number of alkyl carbamates (subject to hydrolysis) is 1. The predicted molar refractivity (Wildman–Crippen MR) is 149 cm³/mol. The molecule has 2 heterocycles. The first kappa shape index (κ1) is 28.9. The lowest BCUT2D eigenvalue weighted by Crippen LogP contribution is -2.53. The molecule has 2 atom stereocenters. The molecule has 3 aliphatic rings. The van der Waals surface area contributed by atoms with E-state index in [9.17, 15) is 19.2 Å². The summed E-state index contributed by atoms with van der Waals surface area (Å²) >= 11 is 0. The van der Waals surface area contributed by atoms with Crippen LogP contribution >= 0.6 is 0 Å². The first-order chi connectivity index (χ1) is 18.2. The van der Waals surface area contributed by atoms with Gasteiger partial charge in [0.15, 0.2) is 0 Å². The monoisotopic (exact) mass is 540 g/mol. The smallest absolute Gasteiger partial charge is 0.407 e. The van der Waals surface area contributed by atoms with Crippen LogP contribution in [0.2, 0.25) is 0 Å². The van der Waals surface area contributed by atoms with Crippen molar-refractivity contribution in [3.63, 3.8) is 0 Å². The number of nitrogens with zero attached hydrogens (tertiary/aromatic N) is 1. The molecule has 2 fully saturated rings. The second kappa shape index (κ2) is 11.2. The third-order valence-corrected chi connectivity index (χ3v) is 7.76. The summed E-state index contributed by atoms with van der Waals surface area (Å²) in [6.45, 7) is 12.1. The summed E-state index contributed by atoms with van der Waals surface area (Å²) < 4.78 is 5.41. The number of ether oxygens (including phenoxy) is 1. The van der Waals surface area contributed by atoms with Gasteiger partial charge in [-0.05, 0) is 83.3 Å². The highest BCUT2D eigenvalue weighted by Gasteiger charge is 2.46. The Bertz CT molecular complexity index is 1110.